The molecule has 2 aromatic heterocycles. The van der Waals surface area contributed by atoms with Crippen molar-refractivity contribution >= 4 is 27.3 Å². The van der Waals surface area contributed by atoms with Crippen molar-refractivity contribution in [3.63, 3.8) is 0 Å². The third-order valence-corrected chi connectivity index (χ3v) is 4.01. The van der Waals surface area contributed by atoms with Crippen molar-refractivity contribution in [3.8, 4) is 0 Å². The van der Waals surface area contributed by atoms with E-state index in [0.717, 1.165) is 17.0 Å². The molecule has 0 saturated carbocycles. The zero-order valence-corrected chi connectivity index (χ0v) is 11.7. The molecule has 1 unspecified atom stereocenters. The third-order valence-electron chi connectivity index (χ3n) is 2.56. The van der Waals surface area contributed by atoms with E-state index in [9.17, 15) is 0 Å². The molecule has 0 aromatic carbocycles. The molecule has 2 rings (SSSR count). The van der Waals surface area contributed by atoms with E-state index < -0.39 is 0 Å². The Morgan fingerprint density at radius 3 is 2.81 bits per heavy atom. The second-order valence-corrected chi connectivity index (χ2v) is 5.55. The van der Waals surface area contributed by atoms with E-state index >= 15 is 0 Å². The lowest BCUT2D eigenvalue weighted by atomic mass is 10.2. The zero-order chi connectivity index (χ0) is 11.5. The van der Waals surface area contributed by atoms with Crippen LogP contribution in [0.2, 0.25) is 0 Å². The lowest BCUT2D eigenvalue weighted by Gasteiger charge is -2.10. The molecule has 0 aliphatic heterocycles. The summed E-state index contributed by atoms with van der Waals surface area (Å²) in [6, 6.07) is 6.29. The molecule has 0 bridgehead atoms. The Bertz CT molecular complexity index is 463. The SMILES string of the molecule is Cc1ccsc1CNC(C)c1ccc(Br)o1. The molecule has 0 fully saturated rings. The molecule has 2 nitrogen and oxygen atoms in total. The Morgan fingerprint density at radius 1 is 1.44 bits per heavy atom. The molecule has 0 saturated heterocycles. The molecule has 2 aromatic rings. The first kappa shape index (κ1) is 11.9. The highest BCUT2D eigenvalue weighted by Gasteiger charge is 2.10. The maximum absolute atomic E-state index is 5.50. The average molecular weight is 300 g/mol. The summed E-state index contributed by atoms with van der Waals surface area (Å²) in [7, 11) is 0. The number of halogens is 1. The number of hydrogen-bond acceptors (Lipinski definition) is 3. The predicted molar refractivity (Wildman–Crippen MR) is 70.7 cm³/mol. The molecule has 1 atom stereocenters. The fraction of sp³-hybridized carbons (Fsp3) is 0.333. The molecule has 0 spiro atoms. The van der Waals surface area contributed by atoms with Gasteiger partial charge in [-0.05, 0) is 58.9 Å². The van der Waals surface area contributed by atoms with Gasteiger partial charge in [0.15, 0.2) is 4.67 Å². The minimum Gasteiger partial charge on any atom is -0.453 e. The van der Waals surface area contributed by atoms with Crippen LogP contribution in [-0.2, 0) is 6.54 Å². The minimum absolute atomic E-state index is 0.229. The summed E-state index contributed by atoms with van der Waals surface area (Å²) in [5, 5.41) is 5.58. The summed E-state index contributed by atoms with van der Waals surface area (Å²) < 4.78 is 6.28. The minimum atomic E-state index is 0.229. The molecule has 0 amide bonds. The Hall–Kier alpha value is -0.580. The van der Waals surface area contributed by atoms with E-state index in [-0.39, 0.29) is 6.04 Å². The lowest BCUT2D eigenvalue weighted by molar-refractivity contribution is 0.418. The number of aryl methyl sites for hydroxylation is 1. The molecule has 4 heteroatoms. The Balaban J connectivity index is 1.93. The molecule has 0 radical (unpaired) electrons. The summed E-state index contributed by atoms with van der Waals surface area (Å²) >= 11 is 5.10. The Kier molecular flexibility index (Phi) is 3.84. The normalized spacial score (nSPS) is 12.9. The second-order valence-electron chi connectivity index (χ2n) is 3.77. The summed E-state index contributed by atoms with van der Waals surface area (Å²) in [6.45, 7) is 5.14. The van der Waals surface area contributed by atoms with Crippen molar-refractivity contribution < 1.29 is 4.42 Å². The lowest BCUT2D eigenvalue weighted by Crippen LogP contribution is -2.17. The predicted octanol–water partition coefficient (Wildman–Crippen LogP) is 4.26. The topological polar surface area (TPSA) is 25.2 Å². The van der Waals surface area contributed by atoms with E-state index in [4.69, 9.17) is 4.42 Å². The monoisotopic (exact) mass is 299 g/mol. The highest BCUT2D eigenvalue weighted by molar-refractivity contribution is 9.10. The van der Waals surface area contributed by atoms with Crippen LogP contribution >= 0.6 is 27.3 Å². The maximum Gasteiger partial charge on any atom is 0.169 e. The van der Waals surface area contributed by atoms with Crippen LogP contribution in [0, 0.1) is 6.92 Å². The summed E-state index contributed by atoms with van der Waals surface area (Å²) in [4.78, 5) is 1.39. The van der Waals surface area contributed by atoms with Crippen LogP contribution < -0.4 is 5.32 Å². The van der Waals surface area contributed by atoms with Crippen molar-refractivity contribution in [2.45, 2.75) is 26.4 Å². The van der Waals surface area contributed by atoms with Gasteiger partial charge >= 0.3 is 0 Å². The fourth-order valence-electron chi connectivity index (χ4n) is 1.49. The number of rotatable bonds is 4. The van der Waals surface area contributed by atoms with Gasteiger partial charge in [-0.2, -0.15) is 0 Å². The van der Waals surface area contributed by atoms with E-state index in [1.54, 1.807) is 11.3 Å². The van der Waals surface area contributed by atoms with Gasteiger partial charge < -0.3 is 9.73 Å². The fourth-order valence-corrected chi connectivity index (χ4v) is 2.67. The van der Waals surface area contributed by atoms with Crippen molar-refractivity contribution in [1.82, 2.24) is 5.32 Å². The molecular formula is C12H14BrNOS. The van der Waals surface area contributed by atoms with Gasteiger partial charge in [-0.1, -0.05) is 0 Å². The van der Waals surface area contributed by atoms with Crippen LogP contribution in [0.3, 0.4) is 0 Å². The average Bonchev–Trinajstić information content (AvgIpc) is 2.84. The maximum atomic E-state index is 5.50. The molecule has 16 heavy (non-hydrogen) atoms. The van der Waals surface area contributed by atoms with Crippen LogP contribution in [0.25, 0.3) is 0 Å². The smallest absolute Gasteiger partial charge is 0.169 e. The number of nitrogens with one attached hydrogen (secondary N) is 1. The zero-order valence-electron chi connectivity index (χ0n) is 9.29. The van der Waals surface area contributed by atoms with Crippen LogP contribution in [0.1, 0.15) is 29.2 Å². The van der Waals surface area contributed by atoms with Crippen LogP contribution in [-0.4, -0.2) is 0 Å². The van der Waals surface area contributed by atoms with Crippen molar-refractivity contribution in [2.24, 2.45) is 0 Å². The number of thiophene rings is 1. The number of furan rings is 1. The highest BCUT2D eigenvalue weighted by Crippen LogP contribution is 2.21. The third kappa shape index (κ3) is 2.75. The molecular weight excluding hydrogens is 286 g/mol. The first-order valence-electron chi connectivity index (χ1n) is 5.18. The number of hydrogen-bond donors (Lipinski definition) is 1. The van der Waals surface area contributed by atoms with Crippen LogP contribution in [0.15, 0.2) is 32.7 Å². The second kappa shape index (κ2) is 5.17. The van der Waals surface area contributed by atoms with Crippen LogP contribution in [0.5, 0.6) is 0 Å². The quantitative estimate of drug-likeness (QED) is 0.912. The van der Waals surface area contributed by atoms with Gasteiger partial charge in [0, 0.05) is 11.4 Å². The first-order valence-corrected chi connectivity index (χ1v) is 6.85. The van der Waals surface area contributed by atoms with Gasteiger partial charge in [0.25, 0.3) is 0 Å². The summed E-state index contributed by atoms with van der Waals surface area (Å²) in [5.41, 5.74) is 1.35. The molecule has 2 heterocycles. The van der Waals surface area contributed by atoms with Gasteiger partial charge in [0.05, 0.1) is 6.04 Å². The van der Waals surface area contributed by atoms with Gasteiger partial charge in [-0.3, -0.25) is 0 Å². The molecule has 1 N–H and O–H groups in total. The van der Waals surface area contributed by atoms with E-state index in [2.05, 4.69) is 46.5 Å². The summed E-state index contributed by atoms with van der Waals surface area (Å²) in [6.07, 6.45) is 0. The first-order chi connectivity index (χ1) is 7.66. The van der Waals surface area contributed by atoms with E-state index in [0.29, 0.717) is 0 Å². The molecule has 86 valence electrons. The molecule has 0 aliphatic carbocycles. The van der Waals surface area contributed by atoms with E-state index in [1.165, 1.54) is 10.4 Å². The van der Waals surface area contributed by atoms with Gasteiger partial charge in [-0.15, -0.1) is 11.3 Å². The molecule has 0 aliphatic rings. The highest BCUT2D eigenvalue weighted by atomic mass is 79.9. The standard InChI is InChI=1S/C12H14BrNOS/c1-8-5-6-16-11(8)7-14-9(2)10-3-4-12(13)15-10/h3-6,9,14H,7H2,1-2H3. The largest absolute Gasteiger partial charge is 0.453 e. The Labute approximate surface area is 108 Å². The van der Waals surface area contributed by atoms with Gasteiger partial charge in [-0.25, -0.2) is 0 Å². The summed E-state index contributed by atoms with van der Waals surface area (Å²) in [5.74, 6) is 0.959. The van der Waals surface area contributed by atoms with Crippen molar-refractivity contribution in [3.05, 3.63) is 44.4 Å². The van der Waals surface area contributed by atoms with E-state index in [1.807, 2.05) is 12.1 Å². The van der Waals surface area contributed by atoms with Gasteiger partial charge in [0.1, 0.15) is 5.76 Å². The van der Waals surface area contributed by atoms with Crippen molar-refractivity contribution in [2.75, 3.05) is 0 Å². The van der Waals surface area contributed by atoms with Crippen molar-refractivity contribution in [1.29, 1.82) is 0 Å². The van der Waals surface area contributed by atoms with Gasteiger partial charge in [0.2, 0.25) is 0 Å². The Morgan fingerprint density at radius 2 is 2.25 bits per heavy atom. The van der Waals surface area contributed by atoms with Crippen LogP contribution in [0.4, 0.5) is 0 Å².